The lowest BCUT2D eigenvalue weighted by atomic mass is 9.43. The van der Waals surface area contributed by atoms with Crippen LogP contribution in [0.5, 0.6) is 0 Å². The van der Waals surface area contributed by atoms with E-state index in [1.165, 1.54) is 128 Å². The summed E-state index contributed by atoms with van der Waals surface area (Å²) in [5.74, 6) is 2.30. The fraction of sp³-hybridized carbons (Fsp3) is 0.886. The maximum absolute atomic E-state index is 13.1. The Balaban J connectivity index is 1.31. The smallest absolute Gasteiger partial charge is 0.306 e. The van der Waals surface area contributed by atoms with Gasteiger partial charge in [-0.05, 0) is 118 Å². The van der Waals surface area contributed by atoms with Gasteiger partial charge in [-0.1, -0.05) is 135 Å². The van der Waals surface area contributed by atoms with Crippen molar-refractivity contribution in [1.29, 1.82) is 0 Å². The summed E-state index contributed by atoms with van der Waals surface area (Å²) in [5, 5.41) is 0. The predicted molar refractivity (Wildman–Crippen MR) is 198 cm³/mol. The first kappa shape index (κ1) is 37.8. The highest BCUT2D eigenvalue weighted by atomic mass is 16.5. The highest BCUT2D eigenvalue weighted by Crippen LogP contribution is 2.72. The number of esters is 1. The molecule has 2 fully saturated rings. The van der Waals surface area contributed by atoms with Crippen LogP contribution in [0.15, 0.2) is 22.8 Å². The molecular weight excluding hydrogens is 560 g/mol. The van der Waals surface area contributed by atoms with Crippen LogP contribution in [-0.4, -0.2) is 12.1 Å². The molecule has 0 aromatic rings. The first-order valence-electron chi connectivity index (χ1n) is 20.4. The Morgan fingerprint density at radius 1 is 0.804 bits per heavy atom. The molecule has 7 atom stereocenters. The summed E-state index contributed by atoms with van der Waals surface area (Å²) in [5.41, 5.74) is 6.25. The zero-order valence-electron chi connectivity index (χ0n) is 32.3. The highest BCUT2D eigenvalue weighted by molar-refractivity contribution is 5.69. The van der Waals surface area contributed by atoms with Crippen molar-refractivity contribution in [3.8, 4) is 0 Å². The molecule has 0 aromatic heterocycles. The number of hydrogen-bond donors (Lipinski definition) is 0. The molecule has 0 heterocycles. The average Bonchev–Trinajstić information content (AvgIpc) is 3.28. The molecular formula is C44H76O2. The molecule has 2 saturated carbocycles. The molecule has 4 aliphatic carbocycles. The molecule has 0 N–H and O–H groups in total. The van der Waals surface area contributed by atoms with E-state index in [1.54, 1.807) is 0 Å². The highest BCUT2D eigenvalue weighted by Gasteiger charge is 2.63. The van der Waals surface area contributed by atoms with Gasteiger partial charge in [0.05, 0.1) is 0 Å². The number of rotatable bonds is 17. The third kappa shape index (κ3) is 7.88. The third-order valence-electron chi connectivity index (χ3n) is 14.9. The molecule has 4 aliphatic rings. The van der Waals surface area contributed by atoms with Gasteiger partial charge in [0.15, 0.2) is 0 Å². The summed E-state index contributed by atoms with van der Waals surface area (Å²) in [6, 6.07) is 0. The van der Waals surface area contributed by atoms with E-state index in [-0.39, 0.29) is 22.9 Å². The average molecular weight is 637 g/mol. The summed E-state index contributed by atoms with van der Waals surface area (Å²) < 4.78 is 6.36. The van der Waals surface area contributed by atoms with Crippen LogP contribution in [-0.2, 0) is 9.53 Å². The van der Waals surface area contributed by atoms with Crippen LogP contribution in [0.3, 0.4) is 0 Å². The summed E-state index contributed by atoms with van der Waals surface area (Å²) in [6.07, 6.45) is 30.3. The van der Waals surface area contributed by atoms with E-state index in [0.29, 0.717) is 23.2 Å². The van der Waals surface area contributed by atoms with Crippen LogP contribution in [0.25, 0.3) is 0 Å². The lowest BCUT2D eigenvalue weighted by Gasteiger charge is -2.62. The van der Waals surface area contributed by atoms with E-state index in [2.05, 4.69) is 68.4 Å². The molecule has 0 saturated heterocycles. The van der Waals surface area contributed by atoms with Gasteiger partial charge in [0.25, 0.3) is 0 Å². The first-order valence-corrected chi connectivity index (χ1v) is 20.4. The monoisotopic (exact) mass is 637 g/mol. The zero-order valence-corrected chi connectivity index (χ0v) is 32.3. The standard InChI is InChI=1S/C44H76O2/c1-10-11-12-13-14-15-16-17-18-19-20-24-40(45)46-39-29-30-42(7)36-28-32-43(8)35(34(4)23-21-22-33(2)3)27-31-44(43,9)37(36)25-26-38(42)41(39,5)6/h22,34-35,38-39H,10-21,23-32H2,1-9H3/t34-,35-,38-,39-,42+,43-,44+/m0/s1. The lowest BCUT2D eigenvalue weighted by Crippen LogP contribution is -2.55. The molecule has 0 aliphatic heterocycles. The van der Waals surface area contributed by atoms with Crippen LogP contribution in [0, 0.1) is 39.4 Å². The minimum absolute atomic E-state index is 0.0254. The molecule has 264 valence electrons. The number of allylic oxidation sites excluding steroid dienone is 4. The Morgan fingerprint density at radius 3 is 2.07 bits per heavy atom. The van der Waals surface area contributed by atoms with Crippen LogP contribution in [0.2, 0.25) is 0 Å². The summed E-state index contributed by atoms with van der Waals surface area (Å²) in [4.78, 5) is 13.1. The van der Waals surface area contributed by atoms with E-state index in [4.69, 9.17) is 4.74 Å². The number of carbonyl (C=O) groups is 1. The third-order valence-corrected chi connectivity index (χ3v) is 14.9. The molecule has 4 rings (SSSR count). The number of unbranched alkanes of at least 4 members (excludes halogenated alkanes) is 10. The molecule has 2 heteroatoms. The Morgan fingerprint density at radius 2 is 1.43 bits per heavy atom. The number of ether oxygens (including phenoxy) is 1. The normalized spacial score (nSPS) is 34.0. The van der Waals surface area contributed by atoms with Gasteiger partial charge in [0.2, 0.25) is 0 Å². The number of hydrogen-bond acceptors (Lipinski definition) is 2. The van der Waals surface area contributed by atoms with Gasteiger partial charge in [0, 0.05) is 11.8 Å². The first-order chi connectivity index (χ1) is 21.8. The number of carbonyl (C=O) groups excluding carboxylic acids is 1. The largest absolute Gasteiger partial charge is 0.462 e. The van der Waals surface area contributed by atoms with Gasteiger partial charge in [-0.25, -0.2) is 0 Å². The lowest BCUT2D eigenvalue weighted by molar-refractivity contribution is -0.170. The summed E-state index contributed by atoms with van der Waals surface area (Å²) in [7, 11) is 0. The fourth-order valence-corrected chi connectivity index (χ4v) is 11.8. The Labute approximate surface area is 286 Å². The summed E-state index contributed by atoms with van der Waals surface area (Å²) >= 11 is 0. The minimum atomic E-state index is 0.0254. The van der Waals surface area contributed by atoms with Crippen molar-refractivity contribution in [1.82, 2.24) is 0 Å². The molecule has 0 amide bonds. The van der Waals surface area contributed by atoms with Crippen LogP contribution in [0.4, 0.5) is 0 Å². The zero-order chi connectivity index (χ0) is 33.6. The maximum Gasteiger partial charge on any atom is 0.306 e. The van der Waals surface area contributed by atoms with Crippen LogP contribution < -0.4 is 0 Å². The molecule has 0 spiro atoms. The molecule has 0 unspecified atom stereocenters. The van der Waals surface area contributed by atoms with E-state index in [1.807, 2.05) is 11.1 Å². The van der Waals surface area contributed by atoms with E-state index in [9.17, 15) is 4.79 Å². The van der Waals surface area contributed by atoms with E-state index >= 15 is 0 Å². The van der Waals surface area contributed by atoms with E-state index < -0.39 is 0 Å². The van der Waals surface area contributed by atoms with Crippen LogP contribution in [0.1, 0.15) is 204 Å². The van der Waals surface area contributed by atoms with Gasteiger partial charge in [0.1, 0.15) is 6.10 Å². The summed E-state index contributed by atoms with van der Waals surface area (Å²) in [6.45, 7) is 22.2. The van der Waals surface area contributed by atoms with Crippen molar-refractivity contribution < 1.29 is 9.53 Å². The van der Waals surface area contributed by atoms with Gasteiger partial charge in [-0.3, -0.25) is 4.79 Å². The molecule has 46 heavy (non-hydrogen) atoms. The van der Waals surface area contributed by atoms with Crippen molar-refractivity contribution in [2.24, 2.45) is 39.4 Å². The SMILES string of the molecule is CCCCCCCCCCCCCC(=O)O[C@H]1CC[C@]2(C)C3=C(CC[C@H]2C1(C)C)[C@@]1(C)CC[C@@H]([C@@H](C)CCC=C(C)C)[C@]1(C)CC3. The van der Waals surface area contributed by atoms with Gasteiger partial charge >= 0.3 is 5.97 Å². The van der Waals surface area contributed by atoms with E-state index in [0.717, 1.165) is 24.7 Å². The van der Waals surface area contributed by atoms with Crippen molar-refractivity contribution in [2.45, 2.75) is 210 Å². The van der Waals surface area contributed by atoms with Gasteiger partial charge in [-0.2, -0.15) is 0 Å². The predicted octanol–water partition coefficient (Wildman–Crippen LogP) is 13.7. The Kier molecular flexibility index (Phi) is 13.2. The van der Waals surface area contributed by atoms with Crippen molar-refractivity contribution in [2.75, 3.05) is 0 Å². The van der Waals surface area contributed by atoms with Crippen LogP contribution >= 0.6 is 0 Å². The van der Waals surface area contributed by atoms with Crippen molar-refractivity contribution in [3.63, 3.8) is 0 Å². The quantitative estimate of drug-likeness (QED) is 0.0902. The van der Waals surface area contributed by atoms with Gasteiger partial charge < -0.3 is 4.74 Å². The van der Waals surface area contributed by atoms with Crippen molar-refractivity contribution >= 4 is 5.97 Å². The number of fused-ring (bicyclic) bond motifs is 4. The second-order valence-corrected chi connectivity index (χ2v) is 18.3. The molecule has 0 aromatic carbocycles. The fourth-order valence-electron chi connectivity index (χ4n) is 11.8. The Bertz CT molecular complexity index is 1060. The second kappa shape index (κ2) is 16.1. The van der Waals surface area contributed by atoms with Gasteiger partial charge in [-0.15, -0.1) is 0 Å². The maximum atomic E-state index is 13.1. The molecule has 2 nitrogen and oxygen atoms in total. The second-order valence-electron chi connectivity index (χ2n) is 18.3. The molecule has 0 radical (unpaired) electrons. The molecule has 0 bridgehead atoms. The van der Waals surface area contributed by atoms with Crippen molar-refractivity contribution in [3.05, 3.63) is 22.8 Å². The topological polar surface area (TPSA) is 26.3 Å². The Hall–Kier alpha value is -1.05. The minimum Gasteiger partial charge on any atom is -0.462 e.